The summed E-state index contributed by atoms with van der Waals surface area (Å²) in [6, 6.07) is 11.8. The fraction of sp³-hybridized carbons (Fsp3) is 0.182. The van der Waals surface area contributed by atoms with Crippen molar-refractivity contribution in [3.63, 3.8) is 0 Å². The minimum Gasteiger partial charge on any atom is -0.338 e. The van der Waals surface area contributed by atoms with E-state index >= 15 is 0 Å². The predicted octanol–water partition coefficient (Wildman–Crippen LogP) is 4.62. The normalized spacial score (nSPS) is 14.5. The quantitative estimate of drug-likeness (QED) is 0.597. The summed E-state index contributed by atoms with van der Waals surface area (Å²) in [5, 5.41) is 5.82. The van der Waals surface area contributed by atoms with Gasteiger partial charge in [-0.15, -0.1) is 0 Å². The summed E-state index contributed by atoms with van der Waals surface area (Å²) in [5.41, 5.74) is 2.51. The lowest BCUT2D eigenvalue weighted by molar-refractivity contribution is -0.117. The van der Waals surface area contributed by atoms with Crippen molar-refractivity contribution >= 4 is 69.7 Å². The number of amidine groups is 1. The van der Waals surface area contributed by atoms with Crippen LogP contribution in [0.1, 0.15) is 18.1 Å². The predicted molar refractivity (Wildman–Crippen MR) is 130 cm³/mol. The first-order chi connectivity index (χ1) is 15.3. The molecule has 0 atom stereocenters. The van der Waals surface area contributed by atoms with Gasteiger partial charge in [0.2, 0.25) is 5.91 Å². The Kier molecular flexibility index (Phi) is 7.95. The first kappa shape index (κ1) is 23.8. The maximum Gasteiger partial charge on any atom is 0.321 e. The number of aliphatic imine (C=N–C) groups is 1. The van der Waals surface area contributed by atoms with Gasteiger partial charge in [-0.05, 0) is 49.8 Å². The molecule has 0 saturated heterocycles. The summed E-state index contributed by atoms with van der Waals surface area (Å²) in [6.07, 6.45) is 1.61. The van der Waals surface area contributed by atoms with Crippen molar-refractivity contribution in [3.8, 4) is 0 Å². The van der Waals surface area contributed by atoms with Crippen molar-refractivity contribution in [2.45, 2.75) is 13.8 Å². The number of benzene rings is 2. The van der Waals surface area contributed by atoms with Crippen LogP contribution in [-0.2, 0) is 9.59 Å². The van der Waals surface area contributed by atoms with Gasteiger partial charge < -0.3 is 5.32 Å². The Morgan fingerprint density at radius 3 is 2.50 bits per heavy atom. The summed E-state index contributed by atoms with van der Waals surface area (Å²) in [7, 11) is 0. The number of carbonyl (C=O) groups excluding carboxylic acids is 3. The first-order valence-corrected chi connectivity index (χ1v) is 11.4. The summed E-state index contributed by atoms with van der Waals surface area (Å²) in [4.78, 5) is 42.7. The molecule has 2 aromatic rings. The van der Waals surface area contributed by atoms with E-state index in [4.69, 9.17) is 23.2 Å². The Bertz CT molecular complexity index is 1120. The van der Waals surface area contributed by atoms with Gasteiger partial charge in [0, 0.05) is 6.54 Å². The van der Waals surface area contributed by atoms with Crippen molar-refractivity contribution in [3.05, 3.63) is 69.3 Å². The van der Waals surface area contributed by atoms with E-state index < -0.39 is 11.9 Å². The van der Waals surface area contributed by atoms with Crippen LogP contribution in [0.25, 0.3) is 6.08 Å². The molecule has 0 unspecified atom stereocenters. The molecule has 3 rings (SSSR count). The molecular weight excluding hydrogens is 471 g/mol. The van der Waals surface area contributed by atoms with E-state index in [1.807, 2.05) is 19.1 Å². The average molecular weight is 491 g/mol. The highest BCUT2D eigenvalue weighted by molar-refractivity contribution is 8.14. The smallest absolute Gasteiger partial charge is 0.321 e. The highest BCUT2D eigenvalue weighted by atomic mass is 35.5. The highest BCUT2D eigenvalue weighted by Crippen LogP contribution is 2.30. The van der Waals surface area contributed by atoms with E-state index in [1.54, 1.807) is 43.3 Å². The van der Waals surface area contributed by atoms with Crippen molar-refractivity contribution in [2.24, 2.45) is 4.99 Å². The Balaban J connectivity index is 1.87. The van der Waals surface area contributed by atoms with Gasteiger partial charge in [-0.25, -0.2) is 9.79 Å². The Labute approximate surface area is 199 Å². The number of nitrogens with one attached hydrogen (secondary N) is 2. The SMILES string of the molecule is CCNC(=O)NC(=O)CSC1=N/C(=C\c2ccc(Cl)c(Cl)c2)C(=O)N1c1ccc(C)cc1. The second-order valence-corrected chi connectivity index (χ2v) is 8.53. The largest absolute Gasteiger partial charge is 0.338 e. The van der Waals surface area contributed by atoms with Crippen LogP contribution in [0.3, 0.4) is 0 Å². The highest BCUT2D eigenvalue weighted by Gasteiger charge is 2.32. The van der Waals surface area contributed by atoms with Gasteiger partial charge in [-0.2, -0.15) is 0 Å². The molecular formula is C22H20Cl2N4O3S. The minimum absolute atomic E-state index is 0.0916. The van der Waals surface area contributed by atoms with Crippen molar-refractivity contribution in [1.29, 1.82) is 0 Å². The summed E-state index contributed by atoms with van der Waals surface area (Å²) < 4.78 is 0. The Morgan fingerprint density at radius 1 is 1.12 bits per heavy atom. The number of anilines is 1. The number of hydrogen-bond acceptors (Lipinski definition) is 5. The molecule has 0 saturated carbocycles. The molecule has 2 aromatic carbocycles. The number of carbonyl (C=O) groups is 3. The molecule has 1 aliphatic heterocycles. The van der Waals surface area contributed by atoms with E-state index in [9.17, 15) is 14.4 Å². The third kappa shape index (κ3) is 5.91. The molecule has 0 radical (unpaired) electrons. The topological polar surface area (TPSA) is 90.9 Å². The number of nitrogens with zero attached hydrogens (tertiary/aromatic N) is 2. The molecule has 1 heterocycles. The first-order valence-electron chi connectivity index (χ1n) is 9.65. The van der Waals surface area contributed by atoms with Crippen LogP contribution < -0.4 is 15.5 Å². The maximum absolute atomic E-state index is 13.2. The third-order valence-electron chi connectivity index (χ3n) is 4.29. The van der Waals surface area contributed by atoms with E-state index in [-0.39, 0.29) is 17.4 Å². The number of amides is 4. The van der Waals surface area contributed by atoms with Crippen molar-refractivity contribution in [1.82, 2.24) is 10.6 Å². The number of aryl methyl sites for hydroxylation is 1. The van der Waals surface area contributed by atoms with Gasteiger partial charge in [0.15, 0.2) is 5.17 Å². The number of urea groups is 1. The molecule has 10 heteroatoms. The number of rotatable bonds is 5. The van der Waals surface area contributed by atoms with Gasteiger partial charge in [0.1, 0.15) is 5.70 Å². The summed E-state index contributed by atoms with van der Waals surface area (Å²) >= 11 is 13.1. The molecule has 166 valence electrons. The fourth-order valence-electron chi connectivity index (χ4n) is 2.77. The molecule has 0 aromatic heterocycles. The van der Waals surface area contributed by atoms with Crippen LogP contribution in [0, 0.1) is 6.92 Å². The zero-order chi connectivity index (χ0) is 23.3. The van der Waals surface area contributed by atoms with Crippen LogP contribution in [0.5, 0.6) is 0 Å². The lowest BCUT2D eigenvalue weighted by atomic mass is 10.2. The second kappa shape index (κ2) is 10.7. The molecule has 0 aliphatic carbocycles. The number of hydrogen-bond donors (Lipinski definition) is 2. The molecule has 32 heavy (non-hydrogen) atoms. The zero-order valence-electron chi connectivity index (χ0n) is 17.3. The van der Waals surface area contributed by atoms with Crippen LogP contribution in [0.2, 0.25) is 10.0 Å². The van der Waals surface area contributed by atoms with Gasteiger partial charge >= 0.3 is 6.03 Å². The maximum atomic E-state index is 13.2. The lowest BCUT2D eigenvalue weighted by Crippen LogP contribution is -2.40. The molecule has 2 N–H and O–H groups in total. The third-order valence-corrected chi connectivity index (χ3v) is 5.97. The zero-order valence-corrected chi connectivity index (χ0v) is 19.6. The van der Waals surface area contributed by atoms with Crippen LogP contribution in [-0.4, -0.2) is 35.3 Å². The van der Waals surface area contributed by atoms with Crippen molar-refractivity contribution in [2.75, 3.05) is 17.2 Å². The molecule has 0 bridgehead atoms. The number of halogens is 2. The van der Waals surface area contributed by atoms with Crippen LogP contribution in [0.15, 0.2) is 53.2 Å². The molecule has 7 nitrogen and oxygen atoms in total. The molecule has 0 fully saturated rings. The van der Waals surface area contributed by atoms with E-state index in [0.29, 0.717) is 33.0 Å². The van der Waals surface area contributed by atoms with Gasteiger partial charge in [-0.3, -0.25) is 19.8 Å². The number of imide groups is 1. The van der Waals surface area contributed by atoms with Gasteiger partial charge in [-0.1, -0.05) is 58.7 Å². The van der Waals surface area contributed by atoms with E-state index in [1.165, 1.54) is 4.90 Å². The second-order valence-electron chi connectivity index (χ2n) is 6.77. The molecule has 0 spiro atoms. The standard InChI is InChI=1S/C22H20Cl2N4O3S/c1-3-25-21(31)27-19(29)12-32-22-26-18(11-14-6-9-16(23)17(24)10-14)20(30)28(22)15-7-4-13(2)5-8-15/h4-11H,3,12H2,1-2H3,(H2,25,27,29,31)/b18-11-. The Morgan fingerprint density at radius 2 is 1.84 bits per heavy atom. The monoisotopic (exact) mass is 490 g/mol. The van der Waals surface area contributed by atoms with E-state index in [0.717, 1.165) is 17.3 Å². The van der Waals surface area contributed by atoms with Gasteiger partial charge in [0.05, 0.1) is 21.5 Å². The van der Waals surface area contributed by atoms with E-state index in [2.05, 4.69) is 15.6 Å². The molecule has 1 aliphatic rings. The summed E-state index contributed by atoms with van der Waals surface area (Å²) in [5.74, 6) is -0.931. The van der Waals surface area contributed by atoms with Crippen LogP contribution >= 0.6 is 35.0 Å². The van der Waals surface area contributed by atoms with Crippen LogP contribution in [0.4, 0.5) is 10.5 Å². The van der Waals surface area contributed by atoms with Crippen molar-refractivity contribution < 1.29 is 14.4 Å². The number of thioether (sulfide) groups is 1. The Hall–Kier alpha value is -2.81. The average Bonchev–Trinajstić information content (AvgIpc) is 3.05. The lowest BCUT2D eigenvalue weighted by Gasteiger charge is -2.18. The minimum atomic E-state index is -0.571. The molecule has 4 amide bonds. The fourth-order valence-corrected chi connectivity index (χ4v) is 3.89. The summed E-state index contributed by atoms with van der Waals surface area (Å²) in [6.45, 7) is 4.09. The van der Waals surface area contributed by atoms with Gasteiger partial charge in [0.25, 0.3) is 5.91 Å².